The summed E-state index contributed by atoms with van der Waals surface area (Å²) in [4.78, 5) is 0. The summed E-state index contributed by atoms with van der Waals surface area (Å²) in [5.74, 6) is 1.42. The molecule has 0 aromatic heterocycles. The zero-order chi connectivity index (χ0) is 18.2. The van der Waals surface area contributed by atoms with Crippen LogP contribution in [0.5, 0.6) is 11.5 Å². The van der Waals surface area contributed by atoms with Crippen molar-refractivity contribution in [3.05, 3.63) is 59.2 Å². The van der Waals surface area contributed by atoms with Gasteiger partial charge in [-0.1, -0.05) is 18.2 Å². The van der Waals surface area contributed by atoms with E-state index in [1.54, 1.807) is 31.4 Å². The molecule has 2 atom stereocenters. The molecule has 2 aromatic carbocycles. The lowest BCUT2D eigenvalue weighted by Crippen LogP contribution is -2.24. The van der Waals surface area contributed by atoms with Gasteiger partial charge in [0.2, 0.25) is 0 Å². The first-order valence-electron chi connectivity index (χ1n) is 8.31. The lowest BCUT2D eigenvalue weighted by atomic mass is 10.1. The van der Waals surface area contributed by atoms with Crippen LogP contribution in [0.4, 0.5) is 0 Å². The van der Waals surface area contributed by atoms with E-state index in [0.29, 0.717) is 24.5 Å². The molecular formula is C20H24N2O3. The summed E-state index contributed by atoms with van der Waals surface area (Å²) in [6.45, 7) is 4.95. The Labute approximate surface area is 148 Å². The average Bonchev–Trinajstić information content (AvgIpc) is 2.66. The molecule has 0 bridgehead atoms. The van der Waals surface area contributed by atoms with Crippen LogP contribution in [0.1, 0.15) is 42.7 Å². The first-order chi connectivity index (χ1) is 12.1. The van der Waals surface area contributed by atoms with Crippen LogP contribution in [-0.4, -0.2) is 25.4 Å². The van der Waals surface area contributed by atoms with Gasteiger partial charge in [0.1, 0.15) is 0 Å². The second-order valence-electron chi connectivity index (χ2n) is 5.72. The van der Waals surface area contributed by atoms with Crippen LogP contribution in [0.15, 0.2) is 42.5 Å². The molecule has 132 valence electrons. The zero-order valence-electron chi connectivity index (χ0n) is 14.8. The minimum Gasteiger partial charge on any atom is -0.493 e. The highest BCUT2D eigenvalue weighted by atomic mass is 16.5. The summed E-state index contributed by atoms with van der Waals surface area (Å²) in [6, 6.07) is 14.9. The van der Waals surface area contributed by atoms with Gasteiger partial charge in [0.15, 0.2) is 11.5 Å². The number of nitriles is 1. The summed E-state index contributed by atoms with van der Waals surface area (Å²) in [5.41, 5.74) is 2.41. The van der Waals surface area contributed by atoms with Crippen molar-refractivity contribution in [3.8, 4) is 17.6 Å². The maximum absolute atomic E-state index is 10.3. The van der Waals surface area contributed by atoms with Crippen molar-refractivity contribution < 1.29 is 14.6 Å². The lowest BCUT2D eigenvalue weighted by Gasteiger charge is -2.19. The quantitative estimate of drug-likeness (QED) is 0.771. The molecule has 2 unspecified atom stereocenters. The van der Waals surface area contributed by atoms with E-state index in [-0.39, 0.29) is 6.04 Å². The maximum Gasteiger partial charge on any atom is 0.161 e. The largest absolute Gasteiger partial charge is 0.493 e. The van der Waals surface area contributed by atoms with Crippen LogP contribution in [-0.2, 0) is 0 Å². The molecule has 5 heteroatoms. The number of nitrogens with zero attached hydrogens (tertiary/aromatic N) is 1. The molecular weight excluding hydrogens is 316 g/mol. The minimum absolute atomic E-state index is 0.0395. The molecule has 0 amide bonds. The normalized spacial score (nSPS) is 12.9. The van der Waals surface area contributed by atoms with Crippen LogP contribution < -0.4 is 14.8 Å². The second kappa shape index (κ2) is 9.07. The Morgan fingerprint density at radius 1 is 1.12 bits per heavy atom. The van der Waals surface area contributed by atoms with Crippen molar-refractivity contribution in [3.63, 3.8) is 0 Å². The molecule has 0 aliphatic rings. The number of aliphatic hydroxyl groups excluding tert-OH is 1. The molecule has 2 aromatic rings. The second-order valence-corrected chi connectivity index (χ2v) is 5.72. The Balaban J connectivity index is 1.99. The Kier molecular flexibility index (Phi) is 6.81. The van der Waals surface area contributed by atoms with Crippen molar-refractivity contribution in [2.45, 2.75) is 26.0 Å². The fourth-order valence-corrected chi connectivity index (χ4v) is 2.53. The number of methoxy groups -OCH3 is 1. The van der Waals surface area contributed by atoms with Crippen molar-refractivity contribution in [2.24, 2.45) is 0 Å². The van der Waals surface area contributed by atoms with E-state index in [1.807, 2.05) is 32.0 Å². The predicted molar refractivity (Wildman–Crippen MR) is 96.7 cm³/mol. The summed E-state index contributed by atoms with van der Waals surface area (Å²) in [6.07, 6.45) is -0.639. The molecule has 0 spiro atoms. The first kappa shape index (κ1) is 18.8. The molecule has 0 fully saturated rings. The zero-order valence-corrected chi connectivity index (χ0v) is 14.8. The van der Waals surface area contributed by atoms with Crippen LogP contribution in [0.25, 0.3) is 0 Å². The van der Waals surface area contributed by atoms with Gasteiger partial charge in [0, 0.05) is 12.6 Å². The number of rotatable bonds is 8. The SMILES string of the molecule is CCOc1ccc(C(C)NCC(O)c2ccc(C#N)cc2)cc1OC. The van der Waals surface area contributed by atoms with Crippen LogP contribution in [0.2, 0.25) is 0 Å². The maximum atomic E-state index is 10.3. The van der Waals surface area contributed by atoms with Crippen LogP contribution in [0.3, 0.4) is 0 Å². The summed E-state index contributed by atoms with van der Waals surface area (Å²) < 4.78 is 10.9. The smallest absolute Gasteiger partial charge is 0.161 e. The predicted octanol–water partition coefficient (Wildman–Crippen LogP) is 3.35. The van der Waals surface area contributed by atoms with Crippen molar-refractivity contribution in [1.82, 2.24) is 5.32 Å². The van der Waals surface area contributed by atoms with Gasteiger partial charge in [0.05, 0.1) is 31.5 Å². The van der Waals surface area contributed by atoms with E-state index in [1.165, 1.54) is 0 Å². The van der Waals surface area contributed by atoms with E-state index in [9.17, 15) is 5.11 Å². The van der Waals surface area contributed by atoms with Gasteiger partial charge in [-0.25, -0.2) is 0 Å². The van der Waals surface area contributed by atoms with E-state index in [2.05, 4.69) is 11.4 Å². The van der Waals surface area contributed by atoms with Crippen molar-refractivity contribution >= 4 is 0 Å². The summed E-state index contributed by atoms with van der Waals surface area (Å²) in [5, 5.41) is 22.4. The first-order valence-corrected chi connectivity index (χ1v) is 8.31. The number of aliphatic hydroxyl groups is 1. The van der Waals surface area contributed by atoms with E-state index < -0.39 is 6.10 Å². The number of benzene rings is 2. The highest BCUT2D eigenvalue weighted by Crippen LogP contribution is 2.30. The average molecular weight is 340 g/mol. The summed E-state index contributed by atoms with van der Waals surface area (Å²) in [7, 11) is 1.62. The molecule has 0 aliphatic carbocycles. The minimum atomic E-state index is -0.639. The number of hydrogen-bond donors (Lipinski definition) is 2. The van der Waals surface area contributed by atoms with Gasteiger partial charge in [-0.15, -0.1) is 0 Å². The third kappa shape index (κ3) is 4.96. The molecule has 25 heavy (non-hydrogen) atoms. The fourth-order valence-electron chi connectivity index (χ4n) is 2.53. The van der Waals surface area contributed by atoms with Gasteiger partial charge in [-0.05, 0) is 49.2 Å². The molecule has 2 N–H and O–H groups in total. The number of nitrogens with one attached hydrogen (secondary N) is 1. The number of hydrogen-bond acceptors (Lipinski definition) is 5. The van der Waals surface area contributed by atoms with Crippen molar-refractivity contribution in [1.29, 1.82) is 5.26 Å². The highest BCUT2D eigenvalue weighted by molar-refractivity contribution is 5.43. The molecule has 0 heterocycles. The topological polar surface area (TPSA) is 74.5 Å². The molecule has 2 rings (SSSR count). The molecule has 0 saturated carbocycles. The van der Waals surface area contributed by atoms with Crippen molar-refractivity contribution in [2.75, 3.05) is 20.3 Å². The van der Waals surface area contributed by atoms with E-state index in [0.717, 1.165) is 16.9 Å². The molecule has 0 radical (unpaired) electrons. The fraction of sp³-hybridized carbons (Fsp3) is 0.350. The van der Waals surface area contributed by atoms with Gasteiger partial charge >= 0.3 is 0 Å². The van der Waals surface area contributed by atoms with E-state index >= 15 is 0 Å². The standard InChI is InChI=1S/C20H24N2O3/c1-4-25-19-10-9-17(11-20(19)24-3)14(2)22-13-18(23)16-7-5-15(12-21)6-8-16/h5-11,14,18,22-23H,4,13H2,1-3H3. The number of ether oxygens (including phenoxy) is 2. The Hall–Kier alpha value is -2.55. The van der Waals surface area contributed by atoms with Crippen LogP contribution >= 0.6 is 0 Å². The van der Waals surface area contributed by atoms with E-state index in [4.69, 9.17) is 14.7 Å². The monoisotopic (exact) mass is 340 g/mol. The Morgan fingerprint density at radius 3 is 2.40 bits per heavy atom. The van der Waals surface area contributed by atoms with Crippen LogP contribution in [0, 0.1) is 11.3 Å². The lowest BCUT2D eigenvalue weighted by molar-refractivity contribution is 0.171. The Morgan fingerprint density at radius 2 is 1.80 bits per heavy atom. The van der Waals surface area contributed by atoms with Gasteiger partial charge in [0.25, 0.3) is 0 Å². The third-order valence-electron chi connectivity index (χ3n) is 4.03. The molecule has 5 nitrogen and oxygen atoms in total. The molecule has 0 saturated heterocycles. The van der Waals surface area contributed by atoms with Gasteiger partial charge in [-0.3, -0.25) is 0 Å². The summed E-state index contributed by atoms with van der Waals surface area (Å²) >= 11 is 0. The van der Waals surface area contributed by atoms with Gasteiger partial charge < -0.3 is 19.9 Å². The highest BCUT2D eigenvalue weighted by Gasteiger charge is 2.13. The van der Waals surface area contributed by atoms with Gasteiger partial charge in [-0.2, -0.15) is 5.26 Å². The Bertz CT molecular complexity index is 723. The molecule has 0 aliphatic heterocycles. The third-order valence-corrected chi connectivity index (χ3v) is 4.03.